The maximum Gasteiger partial charge on any atom is 0.737 e. The molecule has 1 aromatic heterocycles. The van der Waals surface area contributed by atoms with Crippen LogP contribution in [0.5, 0.6) is 0 Å². The molecule has 0 radical (unpaired) electrons. The van der Waals surface area contributed by atoms with Crippen molar-refractivity contribution in [1.29, 1.82) is 0 Å². The molecule has 2 aliphatic rings. The van der Waals surface area contributed by atoms with Gasteiger partial charge >= 0.3 is 6.97 Å². The van der Waals surface area contributed by atoms with Gasteiger partial charge in [0.05, 0.1) is 5.57 Å². The third-order valence-corrected chi connectivity index (χ3v) is 5.13. The van der Waals surface area contributed by atoms with Gasteiger partial charge in [0, 0.05) is 29.8 Å². The summed E-state index contributed by atoms with van der Waals surface area (Å²) in [7, 11) is 0. The third-order valence-electron chi connectivity index (χ3n) is 5.13. The second-order valence-corrected chi connectivity index (χ2v) is 6.96. The molecule has 0 atom stereocenters. The molecule has 3 heterocycles. The highest BCUT2D eigenvalue weighted by atomic mass is 19.2. The fraction of sp³-hybridized carbons (Fsp3) is 0.211. The molecule has 2 nitrogen and oxygen atoms in total. The molecular formula is C19H17BF4N2. The van der Waals surface area contributed by atoms with Crippen molar-refractivity contribution < 1.29 is 21.9 Å². The van der Waals surface area contributed by atoms with Gasteiger partial charge in [-0.2, -0.15) is 0 Å². The maximum atomic E-state index is 15.4. The van der Waals surface area contributed by atoms with Crippen LogP contribution in [-0.4, -0.2) is 21.6 Å². The summed E-state index contributed by atoms with van der Waals surface area (Å²) in [6.07, 6.45) is 1.65. The van der Waals surface area contributed by atoms with E-state index in [0.717, 1.165) is 27.2 Å². The maximum absolute atomic E-state index is 15.4. The molecule has 0 N–H and O–H groups in total. The molecule has 0 fully saturated rings. The Morgan fingerprint density at radius 3 is 2.38 bits per heavy atom. The Morgan fingerprint density at radius 2 is 1.69 bits per heavy atom. The van der Waals surface area contributed by atoms with Gasteiger partial charge in [0.15, 0.2) is 5.70 Å². The van der Waals surface area contributed by atoms with Crippen LogP contribution >= 0.6 is 0 Å². The molecule has 7 heteroatoms. The predicted octanol–water partition coefficient (Wildman–Crippen LogP) is 4.81. The number of benzene rings is 1. The van der Waals surface area contributed by atoms with E-state index >= 15 is 8.63 Å². The second-order valence-electron chi connectivity index (χ2n) is 6.96. The SMILES string of the molecule is CC1=CC(C)=[N+]2C1=C(c1cc(F)ccc1F)c1c(C)cc(C)n1[B-]2(F)F. The van der Waals surface area contributed by atoms with Crippen LogP contribution in [0.1, 0.15) is 36.4 Å². The van der Waals surface area contributed by atoms with Crippen LogP contribution in [0.4, 0.5) is 17.4 Å². The number of halogens is 4. The Hall–Kier alpha value is -2.57. The van der Waals surface area contributed by atoms with Crippen LogP contribution in [0.15, 0.2) is 41.6 Å². The van der Waals surface area contributed by atoms with Crippen LogP contribution in [0.2, 0.25) is 0 Å². The normalized spacial score (nSPS) is 18.2. The van der Waals surface area contributed by atoms with Gasteiger partial charge in [-0.3, -0.25) is 0 Å². The van der Waals surface area contributed by atoms with E-state index in [4.69, 9.17) is 0 Å². The topological polar surface area (TPSA) is 7.94 Å². The Kier molecular flexibility index (Phi) is 3.39. The number of aryl methyl sites for hydroxylation is 2. The molecule has 4 rings (SSSR count). The zero-order chi connectivity index (χ0) is 19.0. The van der Waals surface area contributed by atoms with E-state index < -0.39 is 18.6 Å². The molecule has 0 aliphatic carbocycles. The zero-order valence-electron chi connectivity index (χ0n) is 14.9. The summed E-state index contributed by atoms with van der Waals surface area (Å²) in [5.41, 5.74) is 2.74. The average Bonchev–Trinajstić information content (AvgIpc) is 3.00. The van der Waals surface area contributed by atoms with Crippen LogP contribution in [-0.2, 0) is 0 Å². The lowest BCUT2D eigenvalue weighted by atomic mass is 9.83. The summed E-state index contributed by atoms with van der Waals surface area (Å²) < 4.78 is 61.3. The van der Waals surface area contributed by atoms with Gasteiger partial charge < -0.3 is 17.6 Å². The van der Waals surface area contributed by atoms with E-state index in [9.17, 15) is 8.78 Å². The number of fused-ring (bicyclic) bond motifs is 2. The molecular weight excluding hydrogens is 343 g/mol. The van der Waals surface area contributed by atoms with Crippen molar-refractivity contribution in [2.24, 2.45) is 0 Å². The number of hydrogen-bond donors (Lipinski definition) is 0. The Labute approximate surface area is 148 Å². The van der Waals surface area contributed by atoms with Crippen LogP contribution < -0.4 is 0 Å². The summed E-state index contributed by atoms with van der Waals surface area (Å²) in [5.74, 6) is -1.26. The molecule has 0 saturated carbocycles. The minimum absolute atomic E-state index is 0.0128. The highest BCUT2D eigenvalue weighted by molar-refractivity contribution is 6.58. The molecule has 0 amide bonds. The number of allylic oxidation sites excluding steroid dienone is 2. The zero-order valence-corrected chi connectivity index (χ0v) is 14.9. The smallest absolute Gasteiger partial charge is 0.393 e. The van der Waals surface area contributed by atoms with Crippen molar-refractivity contribution in [3.8, 4) is 0 Å². The number of hydrogen-bond acceptors (Lipinski definition) is 0. The van der Waals surface area contributed by atoms with Crippen LogP contribution in [0, 0.1) is 25.5 Å². The van der Waals surface area contributed by atoms with E-state index in [1.807, 2.05) is 0 Å². The predicted molar refractivity (Wildman–Crippen MR) is 94.4 cm³/mol. The van der Waals surface area contributed by atoms with Crippen molar-refractivity contribution in [3.05, 3.63) is 75.8 Å². The summed E-state index contributed by atoms with van der Waals surface area (Å²) in [4.78, 5) is 0. The van der Waals surface area contributed by atoms with Crippen molar-refractivity contribution >= 4 is 18.3 Å². The van der Waals surface area contributed by atoms with Crippen molar-refractivity contribution in [2.45, 2.75) is 27.7 Å². The minimum Gasteiger partial charge on any atom is -0.393 e. The molecule has 1 aromatic carbocycles. The first-order valence-corrected chi connectivity index (χ1v) is 8.37. The molecule has 134 valence electrons. The fourth-order valence-corrected chi connectivity index (χ4v) is 4.24. The minimum atomic E-state index is -4.13. The first-order valence-electron chi connectivity index (χ1n) is 8.37. The quantitative estimate of drug-likeness (QED) is 0.509. The average molecular weight is 360 g/mol. The standard InChI is InChI=1S/C19H17BF4N2/c1-10-7-12(3)25-18(10)17(15-9-14(21)5-6-16(15)22)19-11(2)8-13(4)26(19)20(25,23)24/h5-9H,1-4H3. The Balaban J connectivity index is 2.22. The molecule has 0 spiro atoms. The van der Waals surface area contributed by atoms with Gasteiger partial charge in [-0.15, -0.1) is 0 Å². The number of nitrogens with zero attached hydrogens (tertiary/aromatic N) is 2. The van der Waals surface area contributed by atoms with Crippen molar-refractivity contribution in [2.75, 3.05) is 0 Å². The number of rotatable bonds is 1. The monoisotopic (exact) mass is 360 g/mol. The van der Waals surface area contributed by atoms with Crippen molar-refractivity contribution in [1.82, 2.24) is 4.48 Å². The van der Waals surface area contributed by atoms with E-state index in [1.165, 1.54) is 0 Å². The van der Waals surface area contributed by atoms with Gasteiger partial charge in [0.25, 0.3) is 0 Å². The van der Waals surface area contributed by atoms with Gasteiger partial charge in [-0.1, -0.05) is 0 Å². The lowest BCUT2D eigenvalue weighted by Crippen LogP contribution is -2.51. The molecule has 0 unspecified atom stereocenters. The summed E-state index contributed by atoms with van der Waals surface area (Å²) in [5, 5.41) is 0. The summed E-state index contributed by atoms with van der Waals surface area (Å²) in [6.45, 7) is 2.50. The first-order chi connectivity index (χ1) is 12.1. The van der Waals surface area contributed by atoms with E-state index in [2.05, 4.69) is 0 Å². The van der Waals surface area contributed by atoms with E-state index in [-0.39, 0.29) is 17.0 Å². The van der Waals surface area contributed by atoms with Gasteiger partial charge in [-0.25, -0.2) is 8.78 Å². The third kappa shape index (κ3) is 2.03. The Bertz CT molecular complexity index is 1070. The lowest BCUT2D eigenvalue weighted by molar-refractivity contribution is -0.363. The van der Waals surface area contributed by atoms with E-state index in [1.54, 1.807) is 39.8 Å². The molecule has 0 bridgehead atoms. The van der Waals surface area contributed by atoms with Crippen LogP contribution in [0.25, 0.3) is 5.57 Å². The molecule has 2 aliphatic heterocycles. The highest BCUT2D eigenvalue weighted by Gasteiger charge is 2.55. The second kappa shape index (κ2) is 5.22. The first kappa shape index (κ1) is 16.9. The van der Waals surface area contributed by atoms with Gasteiger partial charge in [0.2, 0.25) is 0 Å². The number of aromatic nitrogens is 1. The van der Waals surface area contributed by atoms with Crippen LogP contribution in [0.3, 0.4) is 0 Å². The van der Waals surface area contributed by atoms with Crippen molar-refractivity contribution in [3.63, 3.8) is 0 Å². The van der Waals surface area contributed by atoms with Gasteiger partial charge in [-0.05, 0) is 56.3 Å². The van der Waals surface area contributed by atoms with E-state index in [0.29, 0.717) is 28.1 Å². The fourth-order valence-electron chi connectivity index (χ4n) is 4.24. The summed E-state index contributed by atoms with van der Waals surface area (Å²) in [6, 6.07) is 4.77. The van der Waals surface area contributed by atoms with Gasteiger partial charge in [0.1, 0.15) is 17.3 Å². The Morgan fingerprint density at radius 1 is 1.00 bits per heavy atom. The summed E-state index contributed by atoms with van der Waals surface area (Å²) >= 11 is 0. The molecule has 2 aromatic rings. The highest BCUT2D eigenvalue weighted by Crippen LogP contribution is 2.44. The largest absolute Gasteiger partial charge is 0.737 e. The molecule has 26 heavy (non-hydrogen) atoms. The lowest BCUT2D eigenvalue weighted by Gasteiger charge is -2.34. The molecule has 0 saturated heterocycles.